The molecule has 84 valence electrons. The summed E-state index contributed by atoms with van der Waals surface area (Å²) in [6, 6.07) is 6.76. The van der Waals surface area contributed by atoms with Crippen molar-refractivity contribution in [2.45, 2.75) is 18.9 Å². The summed E-state index contributed by atoms with van der Waals surface area (Å²) >= 11 is 0. The molecule has 1 aromatic rings. The van der Waals surface area contributed by atoms with Crippen molar-refractivity contribution in [2.24, 2.45) is 5.73 Å². The fourth-order valence-corrected chi connectivity index (χ4v) is 1.97. The van der Waals surface area contributed by atoms with Crippen molar-refractivity contribution < 1.29 is 4.39 Å². The first kappa shape index (κ1) is 10.9. The topological polar surface area (TPSA) is 53.0 Å². The van der Waals surface area contributed by atoms with Crippen molar-refractivity contribution in [1.29, 1.82) is 5.26 Å². The van der Waals surface area contributed by atoms with E-state index in [-0.39, 0.29) is 11.9 Å². The maximum Gasteiger partial charge on any atom is 0.147 e. The van der Waals surface area contributed by atoms with E-state index in [0.717, 1.165) is 25.9 Å². The summed E-state index contributed by atoms with van der Waals surface area (Å²) in [5.41, 5.74) is 6.73. The highest BCUT2D eigenvalue weighted by molar-refractivity contribution is 5.51. The number of anilines is 1. The molecule has 0 saturated carbocycles. The largest absolute Gasteiger partial charge is 0.369 e. The first-order valence-corrected chi connectivity index (χ1v) is 5.41. The van der Waals surface area contributed by atoms with E-state index in [4.69, 9.17) is 11.0 Å². The quantitative estimate of drug-likeness (QED) is 0.781. The molecule has 1 aliphatic heterocycles. The lowest BCUT2D eigenvalue weighted by Crippen LogP contribution is -2.40. The van der Waals surface area contributed by atoms with Crippen LogP contribution in [-0.4, -0.2) is 19.1 Å². The molecule has 0 atom stereocenters. The van der Waals surface area contributed by atoms with Crippen LogP contribution >= 0.6 is 0 Å². The number of nitrogens with zero attached hydrogens (tertiary/aromatic N) is 2. The lowest BCUT2D eigenvalue weighted by molar-refractivity contribution is 0.494. The predicted octanol–water partition coefficient (Wildman–Crippen LogP) is 1.62. The van der Waals surface area contributed by atoms with Crippen LogP contribution in [0.5, 0.6) is 0 Å². The van der Waals surface area contributed by atoms with Crippen LogP contribution in [0.1, 0.15) is 18.4 Å². The molecule has 1 fully saturated rings. The second kappa shape index (κ2) is 4.50. The molecule has 0 radical (unpaired) electrons. The Kier molecular flexibility index (Phi) is 3.07. The number of piperidine rings is 1. The Balaban J connectivity index is 2.18. The van der Waals surface area contributed by atoms with E-state index in [1.54, 1.807) is 12.1 Å². The highest BCUT2D eigenvalue weighted by Crippen LogP contribution is 2.23. The smallest absolute Gasteiger partial charge is 0.147 e. The molecule has 0 bridgehead atoms. The third-order valence-electron chi connectivity index (χ3n) is 2.96. The van der Waals surface area contributed by atoms with E-state index in [0.29, 0.717) is 11.3 Å². The summed E-state index contributed by atoms with van der Waals surface area (Å²) in [5.74, 6) is -0.325. The van der Waals surface area contributed by atoms with Crippen LogP contribution in [0.15, 0.2) is 18.2 Å². The fourth-order valence-electron chi connectivity index (χ4n) is 1.97. The molecule has 1 aromatic carbocycles. The number of hydrogen-bond acceptors (Lipinski definition) is 3. The molecule has 0 unspecified atom stereocenters. The third kappa shape index (κ3) is 2.15. The Hall–Kier alpha value is -1.60. The molecule has 16 heavy (non-hydrogen) atoms. The number of hydrogen-bond donors (Lipinski definition) is 1. The number of nitriles is 1. The Morgan fingerprint density at radius 2 is 2.06 bits per heavy atom. The Morgan fingerprint density at radius 1 is 1.38 bits per heavy atom. The molecule has 1 heterocycles. The summed E-state index contributed by atoms with van der Waals surface area (Å²) in [6.07, 6.45) is 1.78. The molecular weight excluding hydrogens is 205 g/mol. The summed E-state index contributed by atoms with van der Waals surface area (Å²) in [7, 11) is 0. The summed E-state index contributed by atoms with van der Waals surface area (Å²) in [5, 5.41) is 8.65. The number of nitrogens with two attached hydrogens (primary N) is 1. The van der Waals surface area contributed by atoms with Crippen molar-refractivity contribution in [1.82, 2.24) is 0 Å². The zero-order valence-electron chi connectivity index (χ0n) is 8.99. The molecule has 4 heteroatoms. The van der Waals surface area contributed by atoms with Gasteiger partial charge in [-0.2, -0.15) is 5.26 Å². The fraction of sp³-hybridized carbons (Fsp3) is 0.417. The molecule has 2 N–H and O–H groups in total. The summed E-state index contributed by atoms with van der Waals surface area (Å²) < 4.78 is 13.7. The normalized spacial score (nSPS) is 17.2. The third-order valence-corrected chi connectivity index (χ3v) is 2.96. The minimum atomic E-state index is -0.325. The van der Waals surface area contributed by atoms with Crippen LogP contribution in [0.3, 0.4) is 0 Å². The van der Waals surface area contributed by atoms with Crippen molar-refractivity contribution in [3.63, 3.8) is 0 Å². The molecule has 1 saturated heterocycles. The van der Waals surface area contributed by atoms with Crippen LogP contribution in [-0.2, 0) is 0 Å². The highest BCUT2D eigenvalue weighted by Gasteiger charge is 2.18. The van der Waals surface area contributed by atoms with Crippen molar-refractivity contribution in [3.8, 4) is 6.07 Å². The summed E-state index contributed by atoms with van der Waals surface area (Å²) in [6.45, 7) is 1.56. The SMILES string of the molecule is N#Cc1ccc(N2CCC(N)CC2)c(F)c1. The van der Waals surface area contributed by atoms with Gasteiger partial charge in [0, 0.05) is 19.1 Å². The van der Waals surface area contributed by atoms with Crippen LogP contribution in [0.2, 0.25) is 0 Å². The van der Waals surface area contributed by atoms with E-state index in [1.807, 2.05) is 11.0 Å². The van der Waals surface area contributed by atoms with Gasteiger partial charge in [0.15, 0.2) is 0 Å². The summed E-state index contributed by atoms with van der Waals surface area (Å²) in [4.78, 5) is 1.99. The van der Waals surface area contributed by atoms with E-state index in [2.05, 4.69) is 0 Å². The zero-order chi connectivity index (χ0) is 11.5. The Morgan fingerprint density at radius 3 is 2.62 bits per heavy atom. The van der Waals surface area contributed by atoms with E-state index in [1.165, 1.54) is 6.07 Å². The van der Waals surface area contributed by atoms with Gasteiger partial charge in [0.1, 0.15) is 5.82 Å². The molecule has 2 rings (SSSR count). The molecule has 0 spiro atoms. The van der Waals surface area contributed by atoms with Gasteiger partial charge >= 0.3 is 0 Å². The maximum atomic E-state index is 13.7. The van der Waals surface area contributed by atoms with Crippen LogP contribution < -0.4 is 10.6 Å². The highest BCUT2D eigenvalue weighted by atomic mass is 19.1. The van der Waals surface area contributed by atoms with Gasteiger partial charge in [-0.05, 0) is 31.0 Å². The predicted molar refractivity (Wildman–Crippen MR) is 60.5 cm³/mol. The number of halogens is 1. The minimum absolute atomic E-state index is 0.234. The molecule has 3 nitrogen and oxygen atoms in total. The van der Waals surface area contributed by atoms with Gasteiger partial charge < -0.3 is 10.6 Å². The van der Waals surface area contributed by atoms with Crippen LogP contribution in [0.4, 0.5) is 10.1 Å². The van der Waals surface area contributed by atoms with Gasteiger partial charge in [0.25, 0.3) is 0 Å². The molecular formula is C12H14FN3. The Labute approximate surface area is 94.3 Å². The second-order valence-electron chi connectivity index (χ2n) is 4.10. The number of rotatable bonds is 1. The maximum absolute atomic E-state index is 13.7. The van der Waals surface area contributed by atoms with Gasteiger partial charge in [0.05, 0.1) is 17.3 Å². The van der Waals surface area contributed by atoms with Gasteiger partial charge in [-0.1, -0.05) is 0 Å². The lowest BCUT2D eigenvalue weighted by atomic mass is 10.0. The van der Waals surface area contributed by atoms with Gasteiger partial charge in [-0.25, -0.2) is 4.39 Å². The van der Waals surface area contributed by atoms with E-state index >= 15 is 0 Å². The monoisotopic (exact) mass is 219 g/mol. The van der Waals surface area contributed by atoms with Crippen molar-refractivity contribution in [2.75, 3.05) is 18.0 Å². The van der Waals surface area contributed by atoms with Crippen molar-refractivity contribution in [3.05, 3.63) is 29.6 Å². The first-order chi connectivity index (χ1) is 7.70. The number of benzene rings is 1. The molecule has 0 aromatic heterocycles. The second-order valence-corrected chi connectivity index (χ2v) is 4.10. The standard InChI is InChI=1S/C12H14FN3/c13-11-7-9(8-14)1-2-12(11)16-5-3-10(15)4-6-16/h1-2,7,10H,3-6,15H2. The molecule has 1 aliphatic rings. The van der Waals surface area contributed by atoms with E-state index < -0.39 is 0 Å². The van der Waals surface area contributed by atoms with E-state index in [9.17, 15) is 4.39 Å². The average Bonchev–Trinajstić information content (AvgIpc) is 2.30. The van der Waals surface area contributed by atoms with Crippen LogP contribution in [0, 0.1) is 17.1 Å². The molecule has 0 aliphatic carbocycles. The first-order valence-electron chi connectivity index (χ1n) is 5.41. The van der Waals surface area contributed by atoms with Gasteiger partial charge in [-0.15, -0.1) is 0 Å². The lowest BCUT2D eigenvalue weighted by Gasteiger charge is -2.32. The van der Waals surface area contributed by atoms with Crippen LogP contribution in [0.25, 0.3) is 0 Å². The molecule has 0 amide bonds. The average molecular weight is 219 g/mol. The zero-order valence-corrected chi connectivity index (χ0v) is 8.99. The van der Waals surface area contributed by atoms with Crippen molar-refractivity contribution >= 4 is 5.69 Å². The van der Waals surface area contributed by atoms with Gasteiger partial charge in [0.2, 0.25) is 0 Å². The van der Waals surface area contributed by atoms with Gasteiger partial charge in [-0.3, -0.25) is 0 Å². The minimum Gasteiger partial charge on any atom is -0.369 e. The Bertz CT molecular complexity index is 417.